The van der Waals surface area contributed by atoms with Crippen molar-refractivity contribution in [2.24, 2.45) is 5.92 Å². The lowest BCUT2D eigenvalue weighted by molar-refractivity contribution is -0.157. The maximum Gasteiger partial charge on any atom is 0.354 e. The minimum atomic E-state index is -1.11. The molecule has 0 radical (unpaired) electrons. The van der Waals surface area contributed by atoms with Crippen LogP contribution in [-0.4, -0.2) is 43.6 Å². The molecule has 1 amide bonds. The average Bonchev–Trinajstić information content (AvgIpc) is 2.83. The van der Waals surface area contributed by atoms with Gasteiger partial charge in [0, 0.05) is 12.4 Å². The normalized spacial score (nSPS) is 25.6. The number of carboxylic acids is 1. The predicted molar refractivity (Wildman–Crippen MR) is 79.1 cm³/mol. The van der Waals surface area contributed by atoms with Crippen LogP contribution in [0, 0.1) is 5.92 Å². The largest absolute Gasteiger partial charge is 0.477 e. The molecule has 110 valence electrons. The number of carbonyl (C=O) groups is 2. The molecule has 0 aliphatic carbocycles. The number of thioether (sulfide) groups is 2. The monoisotopic (exact) mass is 324 g/mol. The molecule has 1 saturated heterocycles. The van der Waals surface area contributed by atoms with Gasteiger partial charge in [0.2, 0.25) is 5.91 Å². The second-order valence-electron chi connectivity index (χ2n) is 4.61. The highest BCUT2D eigenvalue weighted by atomic mass is 32.2. The van der Waals surface area contributed by atoms with E-state index in [4.69, 9.17) is 0 Å². The van der Waals surface area contributed by atoms with Crippen LogP contribution in [0.25, 0.3) is 0 Å². The first-order chi connectivity index (χ1) is 10.1. The molecule has 2 aliphatic heterocycles. The van der Waals surface area contributed by atoms with Crippen LogP contribution < -0.4 is 0 Å². The molecule has 1 aromatic rings. The molecule has 1 aromatic heterocycles. The van der Waals surface area contributed by atoms with Gasteiger partial charge in [-0.15, -0.1) is 11.8 Å². The van der Waals surface area contributed by atoms with Crippen molar-refractivity contribution in [2.75, 3.05) is 6.26 Å². The molecule has 6 nitrogen and oxygen atoms in total. The molecular formula is C13H12N2O4S2. The number of aliphatic carboxylic acids is 1. The zero-order valence-corrected chi connectivity index (χ0v) is 12.6. The van der Waals surface area contributed by atoms with Crippen molar-refractivity contribution in [1.82, 2.24) is 9.88 Å². The third-order valence-electron chi connectivity index (χ3n) is 3.52. The van der Waals surface area contributed by atoms with E-state index in [2.05, 4.69) is 4.98 Å². The van der Waals surface area contributed by atoms with Gasteiger partial charge in [-0.3, -0.25) is 14.7 Å². The van der Waals surface area contributed by atoms with Gasteiger partial charge >= 0.3 is 5.97 Å². The van der Waals surface area contributed by atoms with Gasteiger partial charge in [-0.05, 0) is 24.0 Å². The van der Waals surface area contributed by atoms with Crippen molar-refractivity contribution in [3.63, 3.8) is 0 Å². The van der Waals surface area contributed by atoms with Crippen LogP contribution in [0.2, 0.25) is 0 Å². The van der Waals surface area contributed by atoms with Crippen molar-refractivity contribution in [3.05, 3.63) is 40.0 Å². The van der Waals surface area contributed by atoms with E-state index >= 15 is 0 Å². The summed E-state index contributed by atoms with van der Waals surface area (Å²) in [5.41, 5.74) is 0.638. The lowest BCUT2D eigenvalue weighted by Gasteiger charge is -2.44. The highest BCUT2D eigenvalue weighted by Gasteiger charge is 2.58. The van der Waals surface area contributed by atoms with Gasteiger partial charge in [-0.2, -0.15) is 0 Å². The number of β-lactam (4-membered cyclic amide) rings is 1. The molecule has 1 unspecified atom stereocenters. The molecule has 0 saturated carbocycles. The van der Waals surface area contributed by atoms with E-state index in [1.54, 1.807) is 30.8 Å². The van der Waals surface area contributed by atoms with Crippen molar-refractivity contribution in [2.45, 2.75) is 11.5 Å². The highest BCUT2D eigenvalue weighted by molar-refractivity contribution is 8.22. The Balaban J connectivity index is 1.86. The first-order valence-corrected chi connectivity index (χ1v) is 8.26. The van der Waals surface area contributed by atoms with Crippen LogP contribution in [0.4, 0.5) is 0 Å². The molecule has 2 N–H and O–H groups in total. The van der Waals surface area contributed by atoms with Crippen LogP contribution in [0.1, 0.15) is 11.7 Å². The summed E-state index contributed by atoms with van der Waals surface area (Å²) in [7, 11) is 0. The lowest BCUT2D eigenvalue weighted by atomic mass is 9.87. The standard InChI is InChI=1S/C13H12N2O4S2/c1-20-13-8(12(18)19)15-10(17)7(11(15)21-13)9(16)6-2-4-14-5-3-6/h2-5,7,9,11,16H,1H3,(H,18,19)/t7-,9?,11+/m0/s1. The second kappa shape index (κ2) is 5.36. The summed E-state index contributed by atoms with van der Waals surface area (Å²) in [6.45, 7) is 0. The molecule has 1 fully saturated rings. The minimum absolute atomic E-state index is 0.0284. The van der Waals surface area contributed by atoms with Crippen LogP contribution in [0.3, 0.4) is 0 Å². The van der Waals surface area contributed by atoms with Gasteiger partial charge in [0.05, 0.1) is 16.3 Å². The first kappa shape index (κ1) is 14.4. The highest BCUT2D eigenvalue weighted by Crippen LogP contribution is 2.55. The minimum Gasteiger partial charge on any atom is -0.477 e. The predicted octanol–water partition coefficient (Wildman–Crippen LogP) is 1.26. The molecule has 3 atom stereocenters. The summed E-state index contributed by atoms with van der Waals surface area (Å²) in [5, 5.41) is 19.3. The topological polar surface area (TPSA) is 90.7 Å². The Morgan fingerprint density at radius 2 is 2.14 bits per heavy atom. The number of nitrogens with zero attached hydrogens (tertiary/aromatic N) is 2. The molecule has 3 rings (SSSR count). The van der Waals surface area contributed by atoms with E-state index in [1.165, 1.54) is 28.4 Å². The van der Waals surface area contributed by atoms with Gasteiger partial charge < -0.3 is 10.2 Å². The van der Waals surface area contributed by atoms with Crippen LogP contribution >= 0.6 is 23.5 Å². The Hall–Kier alpha value is -1.51. The average molecular weight is 324 g/mol. The van der Waals surface area contributed by atoms with Crippen LogP contribution in [0.5, 0.6) is 0 Å². The second-order valence-corrected chi connectivity index (χ2v) is 6.82. The smallest absolute Gasteiger partial charge is 0.354 e. The fourth-order valence-electron chi connectivity index (χ4n) is 2.51. The number of carbonyl (C=O) groups excluding carboxylic acids is 1. The molecule has 0 bridgehead atoms. The number of fused-ring (bicyclic) bond motifs is 1. The number of rotatable bonds is 4. The first-order valence-electron chi connectivity index (χ1n) is 6.15. The van der Waals surface area contributed by atoms with E-state index < -0.39 is 18.0 Å². The fraction of sp³-hybridized carbons (Fsp3) is 0.308. The Labute approximate surface area is 129 Å². The van der Waals surface area contributed by atoms with E-state index in [0.29, 0.717) is 9.80 Å². The Bertz CT molecular complexity index is 634. The van der Waals surface area contributed by atoms with Crippen LogP contribution in [0.15, 0.2) is 34.5 Å². The fourth-order valence-corrected chi connectivity index (χ4v) is 4.81. The van der Waals surface area contributed by atoms with E-state index in [1.807, 2.05) is 0 Å². The lowest BCUT2D eigenvalue weighted by Crippen LogP contribution is -2.59. The molecule has 0 spiro atoms. The van der Waals surface area contributed by atoms with Crippen molar-refractivity contribution >= 4 is 35.4 Å². The van der Waals surface area contributed by atoms with E-state index in [9.17, 15) is 19.8 Å². The van der Waals surface area contributed by atoms with E-state index in [0.717, 1.165) is 0 Å². The van der Waals surface area contributed by atoms with Crippen molar-refractivity contribution < 1.29 is 19.8 Å². The maximum absolute atomic E-state index is 12.3. The molecule has 8 heteroatoms. The maximum atomic E-state index is 12.3. The number of carboxylic acid groups (broad SMARTS) is 1. The number of aromatic nitrogens is 1. The van der Waals surface area contributed by atoms with Gasteiger partial charge in [-0.25, -0.2) is 4.79 Å². The third kappa shape index (κ3) is 2.14. The zero-order valence-electron chi connectivity index (χ0n) is 11.0. The number of hydrogen-bond acceptors (Lipinski definition) is 6. The third-order valence-corrected chi connectivity index (χ3v) is 6.03. The Morgan fingerprint density at radius 1 is 1.48 bits per heavy atom. The molecule has 2 aliphatic rings. The molecular weight excluding hydrogens is 312 g/mol. The van der Waals surface area contributed by atoms with Gasteiger partial charge in [-0.1, -0.05) is 11.8 Å². The van der Waals surface area contributed by atoms with Gasteiger partial charge in [0.1, 0.15) is 5.37 Å². The SMILES string of the molecule is CSC1=C(C(=O)O)N2C(=O)[C@H](C(O)c3ccncc3)[C@H]2S1. The number of aliphatic hydroxyl groups is 1. The van der Waals surface area contributed by atoms with Crippen molar-refractivity contribution in [3.8, 4) is 0 Å². The summed E-state index contributed by atoms with van der Waals surface area (Å²) < 4.78 is 0.602. The van der Waals surface area contributed by atoms with Crippen molar-refractivity contribution in [1.29, 1.82) is 0 Å². The number of amides is 1. The number of hydrogen-bond donors (Lipinski definition) is 2. The summed E-state index contributed by atoms with van der Waals surface area (Å²) in [6, 6.07) is 3.31. The zero-order chi connectivity index (χ0) is 15.1. The van der Waals surface area contributed by atoms with Gasteiger partial charge in [0.25, 0.3) is 0 Å². The molecule has 0 aromatic carbocycles. The Morgan fingerprint density at radius 3 is 2.71 bits per heavy atom. The summed E-state index contributed by atoms with van der Waals surface area (Å²) in [5.74, 6) is -2.09. The Kier molecular flexibility index (Phi) is 3.68. The number of aliphatic hydroxyl groups excluding tert-OH is 1. The molecule has 21 heavy (non-hydrogen) atoms. The summed E-state index contributed by atoms with van der Waals surface area (Å²) >= 11 is 2.63. The van der Waals surface area contributed by atoms with E-state index in [-0.39, 0.29) is 17.0 Å². The van der Waals surface area contributed by atoms with Gasteiger partial charge in [0.15, 0.2) is 5.70 Å². The summed E-state index contributed by atoms with van der Waals surface area (Å²) in [6.07, 6.45) is 3.92. The summed E-state index contributed by atoms with van der Waals surface area (Å²) in [4.78, 5) is 28.7. The molecule has 3 heterocycles. The quantitative estimate of drug-likeness (QED) is 0.806. The number of pyridine rings is 1. The van der Waals surface area contributed by atoms with Crippen LogP contribution in [-0.2, 0) is 9.59 Å².